The number of halogens is 1. The first-order chi connectivity index (χ1) is 17.3. The highest BCUT2D eigenvalue weighted by Crippen LogP contribution is 2.33. The van der Waals surface area contributed by atoms with Crippen molar-refractivity contribution in [3.05, 3.63) is 87.1 Å². The van der Waals surface area contributed by atoms with Crippen LogP contribution in [0.25, 0.3) is 22.6 Å². The summed E-state index contributed by atoms with van der Waals surface area (Å²) in [6.07, 6.45) is 2.08. The molecule has 4 aromatic rings. The standard InChI is InChI=1S/C27H23ClN4O4/c1-4-23(24(33)11-17-5-7-18(8-6-17)27-31-30-16(2)36-27)32-15-25(35-3)22(13-26(32)34)21-12-20(28)10-9-19(21)14-29/h5-10,12-13,15,23H,4,11H2,1-3H3. The van der Waals surface area contributed by atoms with Crippen LogP contribution in [0.15, 0.2) is 63.9 Å². The number of hydrogen-bond donors (Lipinski definition) is 0. The Morgan fingerprint density at radius 2 is 1.92 bits per heavy atom. The van der Waals surface area contributed by atoms with Gasteiger partial charge in [-0.1, -0.05) is 30.7 Å². The van der Waals surface area contributed by atoms with E-state index in [0.29, 0.717) is 45.7 Å². The monoisotopic (exact) mass is 502 g/mol. The number of aryl methyl sites for hydroxylation is 1. The highest BCUT2D eigenvalue weighted by molar-refractivity contribution is 6.31. The summed E-state index contributed by atoms with van der Waals surface area (Å²) in [6, 6.07) is 14.9. The Bertz CT molecular complexity index is 1520. The van der Waals surface area contributed by atoms with Gasteiger partial charge in [-0.3, -0.25) is 9.59 Å². The van der Waals surface area contributed by atoms with Crippen LogP contribution >= 0.6 is 11.6 Å². The van der Waals surface area contributed by atoms with E-state index in [9.17, 15) is 14.9 Å². The van der Waals surface area contributed by atoms with Gasteiger partial charge in [-0.05, 0) is 42.3 Å². The van der Waals surface area contributed by atoms with Crippen LogP contribution in [0.3, 0.4) is 0 Å². The first kappa shape index (κ1) is 24.9. The van der Waals surface area contributed by atoms with Crippen molar-refractivity contribution in [2.75, 3.05) is 7.11 Å². The third-order valence-corrected chi connectivity index (χ3v) is 6.09. The number of pyridine rings is 1. The lowest BCUT2D eigenvalue weighted by Gasteiger charge is -2.20. The van der Waals surface area contributed by atoms with Gasteiger partial charge in [0.15, 0.2) is 5.78 Å². The van der Waals surface area contributed by atoms with Crippen molar-refractivity contribution in [3.8, 4) is 34.4 Å². The summed E-state index contributed by atoms with van der Waals surface area (Å²) in [5.74, 6) is 1.13. The second kappa shape index (κ2) is 10.6. The van der Waals surface area contributed by atoms with Crippen LogP contribution in [0.5, 0.6) is 5.75 Å². The molecular formula is C27H23ClN4O4. The van der Waals surface area contributed by atoms with Crippen LogP contribution in [-0.2, 0) is 11.2 Å². The fraction of sp³-hybridized carbons (Fsp3) is 0.222. The van der Waals surface area contributed by atoms with Gasteiger partial charge >= 0.3 is 0 Å². The number of ether oxygens (including phenoxy) is 1. The molecule has 0 saturated carbocycles. The molecule has 2 aromatic heterocycles. The fourth-order valence-corrected chi connectivity index (χ4v) is 4.23. The van der Waals surface area contributed by atoms with E-state index in [0.717, 1.165) is 11.1 Å². The largest absolute Gasteiger partial charge is 0.495 e. The third kappa shape index (κ3) is 5.07. The molecule has 0 amide bonds. The first-order valence-corrected chi connectivity index (χ1v) is 11.6. The maximum absolute atomic E-state index is 13.3. The molecule has 1 atom stereocenters. The number of methoxy groups -OCH3 is 1. The second-order valence-corrected chi connectivity index (χ2v) is 8.63. The summed E-state index contributed by atoms with van der Waals surface area (Å²) in [4.78, 5) is 26.4. The Hall–Kier alpha value is -4.22. The van der Waals surface area contributed by atoms with Gasteiger partial charge in [0.25, 0.3) is 5.56 Å². The summed E-state index contributed by atoms with van der Waals surface area (Å²) < 4.78 is 12.4. The Morgan fingerprint density at radius 3 is 2.53 bits per heavy atom. The van der Waals surface area contributed by atoms with Crippen LogP contribution in [0.1, 0.15) is 36.4 Å². The van der Waals surface area contributed by atoms with Crippen LogP contribution < -0.4 is 10.3 Å². The highest BCUT2D eigenvalue weighted by Gasteiger charge is 2.23. The number of Topliss-reactive ketones (excluding diaryl/α,β-unsaturated/α-hetero) is 1. The van der Waals surface area contributed by atoms with E-state index in [1.165, 1.54) is 23.9 Å². The van der Waals surface area contributed by atoms with E-state index < -0.39 is 6.04 Å². The van der Waals surface area contributed by atoms with Crippen molar-refractivity contribution in [1.29, 1.82) is 5.26 Å². The third-order valence-electron chi connectivity index (χ3n) is 5.86. The van der Waals surface area contributed by atoms with Crippen LogP contribution in [-0.4, -0.2) is 27.7 Å². The predicted octanol–water partition coefficient (Wildman–Crippen LogP) is 5.17. The lowest BCUT2D eigenvalue weighted by Crippen LogP contribution is -2.30. The number of carbonyl (C=O) groups is 1. The first-order valence-electron chi connectivity index (χ1n) is 11.3. The molecule has 9 heteroatoms. The number of hydrogen-bond acceptors (Lipinski definition) is 7. The molecule has 182 valence electrons. The minimum atomic E-state index is -0.687. The van der Waals surface area contributed by atoms with E-state index in [1.807, 2.05) is 31.2 Å². The number of carbonyl (C=O) groups excluding carboxylic acids is 1. The maximum atomic E-state index is 13.3. The average Bonchev–Trinajstić information content (AvgIpc) is 3.31. The molecule has 4 rings (SSSR count). The minimum Gasteiger partial charge on any atom is -0.495 e. The van der Waals surface area contributed by atoms with E-state index in [-0.39, 0.29) is 17.8 Å². The van der Waals surface area contributed by atoms with Gasteiger partial charge < -0.3 is 13.7 Å². The summed E-state index contributed by atoms with van der Waals surface area (Å²) in [6.45, 7) is 3.57. The SMILES string of the molecule is CCC(C(=O)Cc1ccc(-c2nnc(C)o2)cc1)n1cc(OC)c(-c2cc(Cl)ccc2C#N)cc1=O. The van der Waals surface area contributed by atoms with Crippen molar-refractivity contribution in [3.63, 3.8) is 0 Å². The zero-order valence-electron chi connectivity index (χ0n) is 20.0. The molecule has 0 spiro atoms. The van der Waals surface area contributed by atoms with Crippen molar-refractivity contribution in [2.45, 2.75) is 32.7 Å². The van der Waals surface area contributed by atoms with Gasteiger partial charge in [0.2, 0.25) is 11.8 Å². The van der Waals surface area contributed by atoms with E-state index in [2.05, 4.69) is 16.3 Å². The van der Waals surface area contributed by atoms with Gasteiger partial charge in [-0.25, -0.2) is 0 Å². The number of nitriles is 1. The molecule has 0 saturated heterocycles. The second-order valence-electron chi connectivity index (χ2n) is 8.19. The topological polar surface area (TPSA) is 111 Å². The molecule has 2 heterocycles. The quantitative estimate of drug-likeness (QED) is 0.326. The zero-order chi connectivity index (χ0) is 25.8. The van der Waals surface area contributed by atoms with Crippen molar-refractivity contribution in [2.24, 2.45) is 0 Å². The van der Waals surface area contributed by atoms with E-state index in [1.54, 1.807) is 25.1 Å². The molecule has 0 fully saturated rings. The van der Waals surface area contributed by atoms with E-state index in [4.69, 9.17) is 20.8 Å². The number of benzene rings is 2. The molecule has 0 aliphatic carbocycles. The lowest BCUT2D eigenvalue weighted by molar-refractivity contribution is -0.121. The summed E-state index contributed by atoms with van der Waals surface area (Å²) in [5.41, 5.74) is 2.46. The summed E-state index contributed by atoms with van der Waals surface area (Å²) in [5, 5.41) is 17.8. The van der Waals surface area contributed by atoms with Crippen LogP contribution in [0.2, 0.25) is 5.02 Å². The Balaban J connectivity index is 1.63. The van der Waals surface area contributed by atoms with Gasteiger partial charge in [0.05, 0.1) is 31.0 Å². The number of aromatic nitrogens is 3. The fourth-order valence-electron chi connectivity index (χ4n) is 4.06. The molecule has 8 nitrogen and oxygen atoms in total. The lowest BCUT2D eigenvalue weighted by atomic mass is 9.98. The van der Waals surface area contributed by atoms with Crippen molar-refractivity contribution in [1.82, 2.24) is 14.8 Å². The molecule has 0 aliphatic rings. The molecule has 0 bridgehead atoms. The van der Waals surface area contributed by atoms with Crippen molar-refractivity contribution >= 4 is 17.4 Å². The molecular weight excluding hydrogens is 480 g/mol. The van der Waals surface area contributed by atoms with Crippen LogP contribution in [0, 0.1) is 18.3 Å². The number of ketones is 1. The van der Waals surface area contributed by atoms with E-state index >= 15 is 0 Å². The normalized spacial score (nSPS) is 11.6. The smallest absolute Gasteiger partial charge is 0.252 e. The van der Waals surface area contributed by atoms with Crippen molar-refractivity contribution < 1.29 is 13.9 Å². The van der Waals surface area contributed by atoms with Gasteiger partial charge in [0.1, 0.15) is 5.75 Å². The summed E-state index contributed by atoms with van der Waals surface area (Å²) >= 11 is 6.14. The maximum Gasteiger partial charge on any atom is 0.252 e. The zero-order valence-corrected chi connectivity index (χ0v) is 20.7. The van der Waals surface area contributed by atoms with Gasteiger partial charge in [0, 0.05) is 41.1 Å². The van der Waals surface area contributed by atoms with Gasteiger partial charge in [-0.15, -0.1) is 10.2 Å². The average molecular weight is 503 g/mol. The highest BCUT2D eigenvalue weighted by atomic mass is 35.5. The Morgan fingerprint density at radius 1 is 1.17 bits per heavy atom. The molecule has 1 unspecified atom stereocenters. The Labute approximate surface area is 212 Å². The molecule has 0 radical (unpaired) electrons. The molecule has 36 heavy (non-hydrogen) atoms. The summed E-state index contributed by atoms with van der Waals surface area (Å²) in [7, 11) is 1.47. The number of rotatable bonds is 8. The van der Waals surface area contributed by atoms with Crippen LogP contribution in [0.4, 0.5) is 0 Å². The van der Waals surface area contributed by atoms with Gasteiger partial charge in [-0.2, -0.15) is 5.26 Å². The Kier molecular flexibility index (Phi) is 7.32. The molecule has 2 aromatic carbocycles. The number of nitrogens with zero attached hydrogens (tertiary/aromatic N) is 4. The molecule has 0 aliphatic heterocycles. The molecule has 0 N–H and O–H groups in total. The predicted molar refractivity (Wildman–Crippen MR) is 135 cm³/mol. The minimum absolute atomic E-state index is 0.115.